The molecule has 8 heteroatoms. The molecule has 3 N–H and O–H groups in total. The molecular formula is C14H20ClN3O3S. The molecule has 0 atom stereocenters. The highest BCUT2D eigenvalue weighted by molar-refractivity contribution is 7.89. The highest BCUT2D eigenvalue weighted by Crippen LogP contribution is 2.28. The number of amides is 2. The van der Waals surface area contributed by atoms with Crippen molar-refractivity contribution in [3.8, 4) is 0 Å². The largest absolute Gasteiger partial charge is 0.352 e. The number of hydrogen-bond acceptors (Lipinski definition) is 3. The number of primary amides is 1. The van der Waals surface area contributed by atoms with Crippen LogP contribution in [0.5, 0.6) is 0 Å². The van der Waals surface area contributed by atoms with Gasteiger partial charge in [-0.1, -0.05) is 17.7 Å². The number of urea groups is 1. The molecule has 2 rings (SSSR count). The van der Waals surface area contributed by atoms with E-state index >= 15 is 0 Å². The fourth-order valence-corrected chi connectivity index (χ4v) is 4.55. The third-order valence-corrected chi connectivity index (χ3v) is 6.43. The standard InChI is InChI=1S/C14H20ClN3O3S/c1-10-12(15)3-2-4-13(10)22(20,21)18-7-5-11(6-8-18)9-17-14(16)19/h2-4,11H,5-9H2,1H3,(H3,16,17,19). The van der Waals surface area contributed by atoms with E-state index in [1.54, 1.807) is 25.1 Å². The number of carbonyl (C=O) groups excluding carboxylic acids is 1. The zero-order chi connectivity index (χ0) is 16.3. The molecule has 0 aliphatic carbocycles. The van der Waals surface area contributed by atoms with Crippen LogP contribution in [-0.4, -0.2) is 38.4 Å². The van der Waals surface area contributed by atoms with Crippen LogP contribution in [0.2, 0.25) is 5.02 Å². The van der Waals surface area contributed by atoms with Crippen molar-refractivity contribution in [3.05, 3.63) is 28.8 Å². The average molecular weight is 346 g/mol. The Morgan fingerprint density at radius 3 is 2.64 bits per heavy atom. The molecule has 1 aliphatic rings. The predicted octanol–water partition coefficient (Wildman–Crippen LogP) is 1.72. The summed E-state index contributed by atoms with van der Waals surface area (Å²) in [6.45, 7) is 3.05. The molecule has 0 spiro atoms. The Morgan fingerprint density at radius 2 is 2.05 bits per heavy atom. The molecule has 0 saturated carbocycles. The smallest absolute Gasteiger partial charge is 0.312 e. The van der Waals surface area contributed by atoms with Crippen molar-refractivity contribution < 1.29 is 13.2 Å². The minimum absolute atomic E-state index is 0.249. The number of rotatable bonds is 4. The maximum Gasteiger partial charge on any atom is 0.312 e. The summed E-state index contributed by atoms with van der Waals surface area (Å²) in [5.41, 5.74) is 5.62. The monoisotopic (exact) mass is 345 g/mol. The van der Waals surface area contributed by atoms with Crippen molar-refractivity contribution in [1.82, 2.24) is 9.62 Å². The lowest BCUT2D eigenvalue weighted by molar-refractivity contribution is 0.238. The molecule has 0 unspecified atom stereocenters. The van der Waals surface area contributed by atoms with Gasteiger partial charge in [-0.2, -0.15) is 4.31 Å². The number of hydrogen-bond donors (Lipinski definition) is 2. The Hall–Kier alpha value is -1.31. The van der Waals surface area contributed by atoms with Gasteiger partial charge in [0.05, 0.1) is 4.90 Å². The number of sulfonamides is 1. The summed E-state index contributed by atoms with van der Waals surface area (Å²) in [7, 11) is -3.53. The van der Waals surface area contributed by atoms with Crippen LogP contribution in [0.15, 0.2) is 23.1 Å². The molecule has 0 aromatic heterocycles. The first kappa shape index (κ1) is 17.1. The zero-order valence-electron chi connectivity index (χ0n) is 12.4. The van der Waals surface area contributed by atoms with Gasteiger partial charge in [-0.15, -0.1) is 0 Å². The minimum atomic E-state index is -3.53. The second-order valence-corrected chi connectivity index (χ2v) is 7.77. The SMILES string of the molecule is Cc1c(Cl)cccc1S(=O)(=O)N1CCC(CNC(N)=O)CC1. The van der Waals surface area contributed by atoms with E-state index in [2.05, 4.69) is 5.32 Å². The molecule has 1 fully saturated rings. The molecule has 1 aromatic rings. The molecule has 22 heavy (non-hydrogen) atoms. The van der Waals surface area contributed by atoms with Crippen molar-refractivity contribution in [2.45, 2.75) is 24.7 Å². The van der Waals surface area contributed by atoms with Crippen molar-refractivity contribution in [1.29, 1.82) is 0 Å². The lowest BCUT2D eigenvalue weighted by atomic mass is 9.98. The van der Waals surface area contributed by atoms with Gasteiger partial charge >= 0.3 is 6.03 Å². The molecule has 0 bridgehead atoms. The first-order valence-electron chi connectivity index (χ1n) is 7.11. The average Bonchev–Trinajstić information content (AvgIpc) is 2.48. The van der Waals surface area contributed by atoms with Gasteiger partial charge in [0, 0.05) is 24.7 Å². The number of nitrogens with one attached hydrogen (secondary N) is 1. The maximum atomic E-state index is 12.7. The normalized spacial score (nSPS) is 17.4. The quantitative estimate of drug-likeness (QED) is 0.870. The molecule has 1 aliphatic heterocycles. The number of piperidine rings is 1. The van der Waals surface area contributed by atoms with Gasteiger partial charge in [-0.25, -0.2) is 13.2 Å². The van der Waals surface area contributed by atoms with E-state index in [1.807, 2.05) is 0 Å². The highest BCUT2D eigenvalue weighted by atomic mass is 35.5. The zero-order valence-corrected chi connectivity index (χ0v) is 14.0. The Bertz CT molecular complexity index is 655. The van der Waals surface area contributed by atoms with Crippen LogP contribution in [0.25, 0.3) is 0 Å². The third kappa shape index (κ3) is 3.71. The molecule has 1 aromatic carbocycles. The number of benzene rings is 1. The second kappa shape index (κ2) is 6.85. The van der Waals surface area contributed by atoms with Crippen LogP contribution < -0.4 is 11.1 Å². The number of halogens is 1. The van der Waals surface area contributed by atoms with Crippen molar-refractivity contribution in [2.75, 3.05) is 19.6 Å². The van der Waals surface area contributed by atoms with Gasteiger partial charge in [0.25, 0.3) is 0 Å². The highest BCUT2D eigenvalue weighted by Gasteiger charge is 2.30. The van der Waals surface area contributed by atoms with Crippen LogP contribution in [0.4, 0.5) is 4.79 Å². The fourth-order valence-electron chi connectivity index (χ4n) is 2.60. The van der Waals surface area contributed by atoms with Crippen LogP contribution in [0.1, 0.15) is 18.4 Å². The van der Waals surface area contributed by atoms with Gasteiger partial charge in [0.15, 0.2) is 0 Å². The summed E-state index contributed by atoms with van der Waals surface area (Å²) in [4.78, 5) is 11.0. The minimum Gasteiger partial charge on any atom is -0.352 e. The summed E-state index contributed by atoms with van der Waals surface area (Å²) >= 11 is 6.02. The number of nitrogens with two attached hydrogens (primary N) is 1. The molecule has 122 valence electrons. The van der Waals surface area contributed by atoms with E-state index < -0.39 is 16.1 Å². The van der Waals surface area contributed by atoms with Crippen molar-refractivity contribution in [3.63, 3.8) is 0 Å². The Labute approximate surface area is 135 Å². The molecule has 0 radical (unpaired) electrons. The summed E-state index contributed by atoms with van der Waals surface area (Å²) in [5, 5.41) is 3.02. The fraction of sp³-hybridized carbons (Fsp3) is 0.500. The van der Waals surface area contributed by atoms with Crippen molar-refractivity contribution in [2.24, 2.45) is 11.7 Å². The Morgan fingerprint density at radius 1 is 1.41 bits per heavy atom. The molecule has 6 nitrogen and oxygen atoms in total. The maximum absolute atomic E-state index is 12.7. The van der Waals surface area contributed by atoms with Gasteiger partial charge in [-0.05, 0) is 43.4 Å². The van der Waals surface area contributed by atoms with Gasteiger partial charge < -0.3 is 11.1 Å². The number of nitrogens with zero attached hydrogens (tertiary/aromatic N) is 1. The van der Waals surface area contributed by atoms with E-state index in [1.165, 1.54) is 4.31 Å². The molecule has 2 amide bonds. The molecule has 1 saturated heterocycles. The summed E-state index contributed by atoms with van der Waals surface area (Å²) in [5.74, 6) is 0.249. The molecular weight excluding hydrogens is 326 g/mol. The van der Waals surface area contributed by atoms with Gasteiger partial charge in [0.1, 0.15) is 0 Å². The van der Waals surface area contributed by atoms with Gasteiger partial charge in [-0.3, -0.25) is 0 Å². The summed E-state index contributed by atoms with van der Waals surface area (Å²) in [6.07, 6.45) is 1.39. The second-order valence-electron chi connectivity index (χ2n) is 5.46. The number of carbonyl (C=O) groups is 1. The summed E-state index contributed by atoms with van der Waals surface area (Å²) < 4.78 is 26.9. The van der Waals surface area contributed by atoms with Gasteiger partial charge in [0.2, 0.25) is 10.0 Å². The first-order chi connectivity index (χ1) is 10.3. The lowest BCUT2D eigenvalue weighted by Crippen LogP contribution is -2.42. The van der Waals surface area contributed by atoms with E-state index in [0.717, 1.165) is 0 Å². The van der Waals surface area contributed by atoms with Crippen LogP contribution in [0.3, 0.4) is 0 Å². The summed E-state index contributed by atoms with van der Waals surface area (Å²) in [6, 6.07) is 4.35. The van der Waals surface area contributed by atoms with E-state index in [0.29, 0.717) is 43.1 Å². The van der Waals surface area contributed by atoms with E-state index in [4.69, 9.17) is 17.3 Å². The van der Waals surface area contributed by atoms with Crippen molar-refractivity contribution >= 4 is 27.7 Å². The Kier molecular flexibility index (Phi) is 5.31. The lowest BCUT2D eigenvalue weighted by Gasteiger charge is -2.31. The van der Waals surface area contributed by atoms with Crippen LogP contribution in [0, 0.1) is 12.8 Å². The van der Waals surface area contributed by atoms with E-state index in [-0.39, 0.29) is 10.8 Å². The predicted molar refractivity (Wildman–Crippen MR) is 85.3 cm³/mol. The van der Waals surface area contributed by atoms with Crippen LogP contribution in [-0.2, 0) is 10.0 Å². The van der Waals surface area contributed by atoms with Crippen LogP contribution >= 0.6 is 11.6 Å². The molecule has 1 heterocycles. The first-order valence-corrected chi connectivity index (χ1v) is 8.92. The van der Waals surface area contributed by atoms with E-state index in [9.17, 15) is 13.2 Å². The third-order valence-electron chi connectivity index (χ3n) is 3.97. The Balaban J connectivity index is 2.07. The topological polar surface area (TPSA) is 92.5 Å².